The van der Waals surface area contributed by atoms with Gasteiger partial charge in [-0.15, -0.1) is 0 Å². The van der Waals surface area contributed by atoms with E-state index < -0.39 is 26.1 Å². The van der Waals surface area contributed by atoms with Gasteiger partial charge in [-0.3, -0.25) is 4.79 Å². The van der Waals surface area contributed by atoms with Crippen LogP contribution in [-0.4, -0.2) is 38.4 Å². The summed E-state index contributed by atoms with van der Waals surface area (Å²) in [5.74, 6) is -0.833. The first kappa shape index (κ1) is 17.6. The number of carboxylic acids is 1. The second-order valence-electron chi connectivity index (χ2n) is 3.47. The quantitative estimate of drug-likeness (QED) is 0.731. The fourth-order valence-corrected chi connectivity index (χ4v) is 7.22. The molecule has 3 nitrogen and oxygen atoms in total. The van der Waals surface area contributed by atoms with Crippen LogP contribution >= 0.6 is 0 Å². The molecule has 0 rings (SSSR count). The molecule has 91 valence electrons. The Labute approximate surface area is 101 Å². The van der Waals surface area contributed by atoms with Gasteiger partial charge in [-0.05, 0) is 0 Å². The molecule has 0 amide bonds. The topological polar surface area (TPSA) is 46.5 Å². The molecule has 0 aliphatic rings. The predicted octanol–water partition coefficient (Wildman–Crippen LogP) is 3.32. The van der Waals surface area contributed by atoms with E-state index in [1.54, 1.807) is 0 Å². The van der Waals surface area contributed by atoms with E-state index in [4.69, 9.17) is 13.0 Å². The van der Waals surface area contributed by atoms with Gasteiger partial charge in [0.15, 0.2) is 0 Å². The van der Waals surface area contributed by atoms with Crippen molar-refractivity contribution in [3.05, 3.63) is 0 Å². The van der Waals surface area contributed by atoms with Crippen molar-refractivity contribution in [3.63, 3.8) is 0 Å². The predicted molar refractivity (Wildman–Crippen MR) is 65.5 cm³/mol. The van der Waals surface area contributed by atoms with Crippen molar-refractivity contribution in [1.29, 1.82) is 0 Å². The van der Waals surface area contributed by atoms with Crippen LogP contribution < -0.4 is 0 Å². The maximum absolute atomic E-state index is 9.00. The molecule has 0 aliphatic carbocycles. The Kier molecular flexibility index (Phi) is 16.7. The van der Waals surface area contributed by atoms with Crippen LogP contribution in [0.4, 0.5) is 0 Å². The van der Waals surface area contributed by atoms with E-state index in [-0.39, 0.29) is 0 Å². The molecular weight excluding hydrogens is 299 g/mol. The van der Waals surface area contributed by atoms with Crippen LogP contribution in [0.3, 0.4) is 0 Å². The average molecular weight is 324 g/mol. The zero-order valence-electron chi connectivity index (χ0n) is 10.5. The third-order valence-corrected chi connectivity index (χ3v) is 8.76. The monoisotopic (exact) mass is 325 g/mol. The van der Waals surface area contributed by atoms with E-state index in [0.717, 1.165) is 6.92 Å². The number of carboxylic acid groups (broad SMARTS) is 1. The molecule has 0 bridgehead atoms. The molecule has 4 heteroatoms. The molecule has 15 heavy (non-hydrogen) atoms. The first-order valence-electron chi connectivity index (χ1n) is 5.66. The molecule has 1 radical (unpaired) electrons. The molecule has 1 N–H and O–H groups in total. The van der Waals surface area contributed by atoms with Gasteiger partial charge >= 0.3 is 78.8 Å². The van der Waals surface area contributed by atoms with Gasteiger partial charge in [-0.25, -0.2) is 0 Å². The van der Waals surface area contributed by atoms with Crippen LogP contribution in [0.25, 0.3) is 0 Å². The Morgan fingerprint density at radius 2 is 1.53 bits per heavy atom. The third-order valence-electron chi connectivity index (χ3n) is 1.91. The fraction of sp³-hybridized carbons (Fsp3) is 0.909. The third kappa shape index (κ3) is 20.3. The van der Waals surface area contributed by atoms with Crippen LogP contribution in [0.5, 0.6) is 0 Å². The summed E-state index contributed by atoms with van der Waals surface area (Å²) in [7, 11) is 1.92. The van der Waals surface area contributed by atoms with Gasteiger partial charge < -0.3 is 5.11 Å². The minimum atomic E-state index is -1.28. The minimum absolute atomic E-state index is 0.833. The normalized spacial score (nSPS) is 9.67. The summed E-state index contributed by atoms with van der Waals surface area (Å²) >= 11 is -1.28. The van der Waals surface area contributed by atoms with Crippen LogP contribution in [0.15, 0.2) is 0 Å². The van der Waals surface area contributed by atoms with Gasteiger partial charge in [-0.1, -0.05) is 0 Å². The Hall–Kier alpha value is 0.229. The molecular formula is C11H25O3Sn. The first-order chi connectivity index (χ1) is 7.08. The molecule has 0 saturated carbocycles. The fourth-order valence-electron chi connectivity index (χ4n) is 1.08. The Morgan fingerprint density at radius 3 is 1.73 bits per heavy atom. The summed E-state index contributed by atoms with van der Waals surface area (Å²) in [6, 6.07) is 0. The summed E-state index contributed by atoms with van der Waals surface area (Å²) < 4.78 is 8.43. The molecule has 0 fully saturated rings. The van der Waals surface area contributed by atoms with Crippen molar-refractivity contribution in [2.45, 2.75) is 55.3 Å². The summed E-state index contributed by atoms with van der Waals surface area (Å²) in [4.78, 5) is 9.00. The van der Waals surface area contributed by atoms with E-state index in [9.17, 15) is 0 Å². The van der Waals surface area contributed by atoms with Gasteiger partial charge in [0.2, 0.25) is 0 Å². The number of aliphatic carboxylic acids is 1. The van der Waals surface area contributed by atoms with Crippen LogP contribution in [-0.2, 0) is 7.87 Å². The standard InChI is InChI=1S/2C4H9.C2H4O2.CH3O.Sn/c2*1-3-4-2;1-2(3)4;1-2;/h2*1,3-4H2,2H3;1H3,(H,3,4);1H3;/q;;;-1;+1. The molecule has 0 aliphatic heterocycles. The molecule has 0 aromatic rings. The van der Waals surface area contributed by atoms with Gasteiger partial charge in [0.25, 0.3) is 5.97 Å². The van der Waals surface area contributed by atoms with Gasteiger partial charge in [0.1, 0.15) is 0 Å². The van der Waals surface area contributed by atoms with Crippen molar-refractivity contribution in [3.8, 4) is 0 Å². The second-order valence-corrected chi connectivity index (χ2v) is 10.6. The summed E-state index contributed by atoms with van der Waals surface area (Å²) in [6.07, 6.45) is 5.46. The van der Waals surface area contributed by atoms with Crippen LogP contribution in [0, 0.1) is 0 Å². The molecule has 0 atom stereocenters. The number of carbonyl (C=O) groups is 1. The van der Waals surface area contributed by atoms with Gasteiger partial charge in [-0.2, -0.15) is 0 Å². The van der Waals surface area contributed by atoms with E-state index in [1.165, 1.54) is 34.6 Å². The van der Waals surface area contributed by atoms with E-state index in [1.807, 2.05) is 7.11 Å². The molecule has 0 aromatic carbocycles. The van der Waals surface area contributed by atoms with Crippen molar-refractivity contribution in [1.82, 2.24) is 0 Å². The van der Waals surface area contributed by atoms with Gasteiger partial charge in [0.05, 0.1) is 0 Å². The second kappa shape index (κ2) is 14.2. The molecule has 0 heterocycles. The van der Waals surface area contributed by atoms with Gasteiger partial charge in [0, 0.05) is 6.92 Å². The summed E-state index contributed by atoms with van der Waals surface area (Å²) in [5, 5.41) is 7.42. The molecule has 0 spiro atoms. The number of hydrogen-bond acceptors (Lipinski definition) is 2. The molecule has 0 unspecified atom stereocenters. The first-order valence-corrected chi connectivity index (χ1v) is 10.9. The van der Waals surface area contributed by atoms with Crippen LogP contribution in [0.1, 0.15) is 46.5 Å². The van der Waals surface area contributed by atoms with E-state index in [2.05, 4.69) is 13.8 Å². The number of hydrogen-bond donors (Lipinski definition) is 1. The molecule has 0 aromatic heterocycles. The van der Waals surface area contributed by atoms with E-state index in [0.29, 0.717) is 0 Å². The maximum atomic E-state index is 9.00. The van der Waals surface area contributed by atoms with Crippen molar-refractivity contribution in [2.24, 2.45) is 0 Å². The Morgan fingerprint density at radius 1 is 1.20 bits per heavy atom. The summed E-state index contributed by atoms with van der Waals surface area (Å²) in [6.45, 7) is 5.60. The number of rotatable bonds is 7. The number of unbranched alkanes of at least 4 members (excludes halogenated alkanes) is 2. The van der Waals surface area contributed by atoms with E-state index >= 15 is 0 Å². The average Bonchev–Trinajstić information content (AvgIpc) is 2.17. The van der Waals surface area contributed by atoms with Crippen molar-refractivity contribution < 1.29 is 13.0 Å². The molecule has 0 saturated heterocycles. The SMILES string of the molecule is CC(=O)O.CCC[CH2][Sn]([CH2]CCC)[O]C. The van der Waals surface area contributed by atoms with Crippen LogP contribution in [0.2, 0.25) is 8.87 Å². The Bertz CT molecular complexity index is 128. The van der Waals surface area contributed by atoms with Crippen molar-refractivity contribution >= 4 is 26.1 Å². The van der Waals surface area contributed by atoms with Crippen molar-refractivity contribution in [2.75, 3.05) is 7.11 Å². The zero-order valence-corrected chi connectivity index (χ0v) is 13.4. The zero-order chi connectivity index (χ0) is 12.1. The summed E-state index contributed by atoms with van der Waals surface area (Å²) in [5.41, 5.74) is 0. The Balaban J connectivity index is 0.